The van der Waals surface area contributed by atoms with E-state index >= 15 is 0 Å². The molecule has 26 heavy (non-hydrogen) atoms. The standard InChI is InChI=1S/C19H16Cl2N2O2S/c1-2-25-18(24)15-16(11-6-4-3-5-7-11)22-19(26)23-17(15)13-9-8-12(20)10-14(13)21/h3-10,17H,2H2,1H3,(H2,22,23,26)/t17-/m0/s1. The normalized spacial score (nSPS) is 16.7. The molecule has 0 fully saturated rings. The SMILES string of the molecule is CCOC(=O)C1=C(c2ccccc2)NC(=S)N[C@H]1c1ccc(Cl)cc1Cl. The molecule has 0 spiro atoms. The van der Waals surface area contributed by atoms with E-state index in [1.807, 2.05) is 30.3 Å². The molecule has 2 aromatic rings. The lowest BCUT2D eigenvalue weighted by Gasteiger charge is -2.31. The van der Waals surface area contributed by atoms with Gasteiger partial charge in [-0.1, -0.05) is 59.6 Å². The lowest BCUT2D eigenvalue weighted by Crippen LogP contribution is -2.45. The van der Waals surface area contributed by atoms with Crippen molar-refractivity contribution in [1.29, 1.82) is 0 Å². The molecule has 0 bridgehead atoms. The van der Waals surface area contributed by atoms with Crippen molar-refractivity contribution in [2.24, 2.45) is 0 Å². The Morgan fingerprint density at radius 2 is 1.92 bits per heavy atom. The average molecular weight is 407 g/mol. The smallest absolute Gasteiger partial charge is 0.338 e. The van der Waals surface area contributed by atoms with Gasteiger partial charge in [0.15, 0.2) is 5.11 Å². The molecule has 1 heterocycles. The van der Waals surface area contributed by atoms with Crippen molar-refractivity contribution in [3.8, 4) is 0 Å². The maximum Gasteiger partial charge on any atom is 0.338 e. The highest BCUT2D eigenvalue weighted by Gasteiger charge is 2.34. The lowest BCUT2D eigenvalue weighted by molar-refractivity contribution is -0.138. The molecule has 4 nitrogen and oxygen atoms in total. The Labute approximate surface area is 167 Å². The molecule has 0 aromatic heterocycles. The number of hydrogen-bond donors (Lipinski definition) is 2. The molecule has 7 heteroatoms. The van der Waals surface area contributed by atoms with Crippen LogP contribution in [0.25, 0.3) is 5.70 Å². The first kappa shape index (κ1) is 18.7. The van der Waals surface area contributed by atoms with Crippen LogP contribution in [-0.4, -0.2) is 17.7 Å². The van der Waals surface area contributed by atoms with E-state index in [2.05, 4.69) is 10.6 Å². The van der Waals surface area contributed by atoms with Gasteiger partial charge in [-0.2, -0.15) is 0 Å². The molecule has 0 amide bonds. The first-order valence-corrected chi connectivity index (χ1v) is 9.17. The van der Waals surface area contributed by atoms with Crippen molar-refractivity contribution in [2.45, 2.75) is 13.0 Å². The van der Waals surface area contributed by atoms with Crippen molar-refractivity contribution in [2.75, 3.05) is 6.61 Å². The van der Waals surface area contributed by atoms with Crippen LogP contribution in [0.3, 0.4) is 0 Å². The maximum absolute atomic E-state index is 12.8. The van der Waals surface area contributed by atoms with Gasteiger partial charge in [-0.25, -0.2) is 4.79 Å². The minimum Gasteiger partial charge on any atom is -0.463 e. The Hall–Kier alpha value is -2.08. The molecule has 134 valence electrons. The van der Waals surface area contributed by atoms with E-state index in [1.54, 1.807) is 25.1 Å². The summed E-state index contributed by atoms with van der Waals surface area (Å²) >= 11 is 17.8. The number of esters is 1. The van der Waals surface area contributed by atoms with Gasteiger partial charge >= 0.3 is 5.97 Å². The van der Waals surface area contributed by atoms with Crippen molar-refractivity contribution in [3.05, 3.63) is 75.3 Å². The molecule has 0 saturated heterocycles. The molecule has 0 aliphatic carbocycles. The average Bonchev–Trinajstić information content (AvgIpc) is 2.62. The third-order valence-corrected chi connectivity index (χ3v) is 4.69. The molecule has 3 rings (SSSR count). The number of thiocarbonyl (C=S) groups is 1. The lowest BCUT2D eigenvalue weighted by atomic mass is 9.92. The van der Waals surface area contributed by atoms with Gasteiger partial charge in [-0.15, -0.1) is 0 Å². The monoisotopic (exact) mass is 406 g/mol. The van der Waals surface area contributed by atoms with E-state index in [4.69, 9.17) is 40.2 Å². The molecular formula is C19H16Cl2N2O2S. The minimum atomic E-state index is -0.553. The Morgan fingerprint density at radius 3 is 2.58 bits per heavy atom. The summed E-state index contributed by atoms with van der Waals surface area (Å²) in [5, 5.41) is 7.55. The molecule has 1 aliphatic heterocycles. The van der Waals surface area contributed by atoms with Crippen LogP contribution in [-0.2, 0) is 9.53 Å². The predicted molar refractivity (Wildman–Crippen MR) is 108 cm³/mol. The summed E-state index contributed by atoms with van der Waals surface area (Å²) in [6.07, 6.45) is 0. The first-order chi connectivity index (χ1) is 12.5. The molecular weight excluding hydrogens is 391 g/mol. The van der Waals surface area contributed by atoms with Gasteiger partial charge in [0, 0.05) is 10.0 Å². The summed E-state index contributed by atoms with van der Waals surface area (Å²) in [4.78, 5) is 12.8. The Bertz CT molecular complexity index is 884. The van der Waals surface area contributed by atoms with E-state index in [-0.39, 0.29) is 6.61 Å². The molecule has 0 unspecified atom stereocenters. The van der Waals surface area contributed by atoms with Gasteiger partial charge in [-0.3, -0.25) is 0 Å². The molecule has 0 saturated carbocycles. The zero-order chi connectivity index (χ0) is 18.7. The predicted octanol–water partition coefficient (Wildman–Crippen LogP) is 4.49. The van der Waals surface area contributed by atoms with E-state index in [0.717, 1.165) is 5.56 Å². The largest absolute Gasteiger partial charge is 0.463 e. The second-order valence-corrected chi connectivity index (χ2v) is 6.82. The van der Waals surface area contributed by atoms with Crippen LogP contribution in [0, 0.1) is 0 Å². The quantitative estimate of drug-likeness (QED) is 0.578. The van der Waals surface area contributed by atoms with Gasteiger partial charge in [0.05, 0.1) is 23.9 Å². The first-order valence-electron chi connectivity index (χ1n) is 8.00. The number of hydrogen-bond acceptors (Lipinski definition) is 3. The van der Waals surface area contributed by atoms with Crippen LogP contribution in [0.1, 0.15) is 24.1 Å². The van der Waals surface area contributed by atoms with Crippen molar-refractivity contribution in [1.82, 2.24) is 10.6 Å². The number of halogens is 2. The number of nitrogens with one attached hydrogen (secondary N) is 2. The van der Waals surface area contributed by atoms with Gasteiger partial charge in [0.2, 0.25) is 0 Å². The summed E-state index contributed by atoms with van der Waals surface area (Å²) in [5.74, 6) is -0.440. The third-order valence-electron chi connectivity index (χ3n) is 3.90. The highest BCUT2D eigenvalue weighted by atomic mass is 35.5. The van der Waals surface area contributed by atoms with E-state index in [9.17, 15) is 4.79 Å². The minimum absolute atomic E-state index is 0.260. The zero-order valence-corrected chi connectivity index (χ0v) is 16.2. The molecule has 0 radical (unpaired) electrons. The van der Waals surface area contributed by atoms with Gasteiger partial charge < -0.3 is 15.4 Å². The highest BCUT2D eigenvalue weighted by molar-refractivity contribution is 7.80. The second-order valence-electron chi connectivity index (χ2n) is 5.57. The number of ether oxygens (including phenoxy) is 1. The van der Waals surface area contributed by atoms with Crippen molar-refractivity contribution < 1.29 is 9.53 Å². The second kappa shape index (κ2) is 8.08. The fourth-order valence-corrected chi connectivity index (χ4v) is 3.53. The Balaban J connectivity index is 2.20. The molecule has 2 aromatic carbocycles. The molecule has 1 atom stereocenters. The third kappa shape index (κ3) is 3.85. The zero-order valence-electron chi connectivity index (χ0n) is 13.9. The van der Waals surface area contributed by atoms with Crippen molar-refractivity contribution >= 4 is 52.2 Å². The maximum atomic E-state index is 12.8. The van der Waals surface area contributed by atoms with Gasteiger partial charge in [0.25, 0.3) is 0 Å². The Kier molecular flexibility index (Phi) is 5.81. The fourth-order valence-electron chi connectivity index (χ4n) is 2.79. The number of rotatable bonds is 4. The number of carbonyl (C=O) groups is 1. The van der Waals surface area contributed by atoms with Gasteiger partial charge in [-0.05, 0) is 42.4 Å². The number of benzene rings is 2. The van der Waals surface area contributed by atoms with Crippen molar-refractivity contribution in [3.63, 3.8) is 0 Å². The van der Waals surface area contributed by atoms with Gasteiger partial charge in [0.1, 0.15) is 0 Å². The van der Waals surface area contributed by atoms with Crippen LogP contribution in [0.5, 0.6) is 0 Å². The van der Waals surface area contributed by atoms with Crippen LogP contribution in [0.15, 0.2) is 54.1 Å². The highest BCUT2D eigenvalue weighted by Crippen LogP contribution is 2.36. The van der Waals surface area contributed by atoms with E-state index < -0.39 is 12.0 Å². The van der Waals surface area contributed by atoms with E-state index in [1.165, 1.54) is 0 Å². The Morgan fingerprint density at radius 1 is 1.19 bits per heavy atom. The van der Waals surface area contributed by atoms with Crippen LogP contribution < -0.4 is 10.6 Å². The summed E-state index contributed by atoms with van der Waals surface area (Å²) in [6.45, 7) is 2.02. The van der Waals surface area contributed by atoms with Crippen LogP contribution >= 0.6 is 35.4 Å². The summed E-state index contributed by atoms with van der Waals surface area (Å²) in [5.41, 5.74) is 2.53. The molecule has 2 N–H and O–H groups in total. The topological polar surface area (TPSA) is 50.4 Å². The van der Waals surface area contributed by atoms with Crippen LogP contribution in [0.2, 0.25) is 10.0 Å². The summed E-state index contributed by atoms with van der Waals surface area (Å²) < 4.78 is 5.29. The number of carbonyl (C=O) groups excluding carboxylic acids is 1. The van der Waals surface area contributed by atoms with Crippen LogP contribution in [0.4, 0.5) is 0 Å². The summed E-state index contributed by atoms with van der Waals surface area (Å²) in [7, 11) is 0. The fraction of sp³-hybridized carbons (Fsp3) is 0.158. The molecule has 1 aliphatic rings. The van der Waals surface area contributed by atoms with E-state index in [0.29, 0.717) is 32.0 Å². The summed E-state index contributed by atoms with van der Waals surface area (Å²) in [6, 6.07) is 14.1.